The van der Waals surface area contributed by atoms with E-state index in [1.54, 1.807) is 0 Å². The molecule has 0 fully saturated rings. The Morgan fingerprint density at radius 1 is 1.83 bits per heavy atom. The first-order valence-corrected chi connectivity index (χ1v) is 2.87. The van der Waals surface area contributed by atoms with Gasteiger partial charge in [0.2, 0.25) is 0 Å². The second-order valence-corrected chi connectivity index (χ2v) is 2.22. The fourth-order valence-corrected chi connectivity index (χ4v) is 0. The van der Waals surface area contributed by atoms with Crippen LogP contribution in [0.5, 0.6) is 0 Å². The molecule has 0 unspecified atom stereocenters. The van der Waals surface area contributed by atoms with Crippen molar-refractivity contribution in [1.29, 1.82) is 0 Å². The number of carbonyl (C=O) groups excluding carboxylic acids is 1. The quantitative estimate of drug-likeness (QED) is 0.316. The standard InChI is InChI=1S/C3H3O2.Zn/c1-3(5)2-4;/h5H,1H2;. The topological polar surface area (TPSA) is 37.3 Å². The van der Waals surface area contributed by atoms with Gasteiger partial charge >= 0.3 is 44.9 Å². The normalized spacial score (nSPS) is 7.67. The van der Waals surface area contributed by atoms with Crippen LogP contribution in [0.25, 0.3) is 0 Å². The number of aliphatic hydroxyl groups excluding tert-OH is 1. The summed E-state index contributed by atoms with van der Waals surface area (Å²) >= 11 is 0.454. The molecule has 0 saturated carbocycles. The minimum absolute atomic E-state index is 0.255. The summed E-state index contributed by atoms with van der Waals surface area (Å²) in [6.07, 6.45) is 0. The Balaban J connectivity index is 3.57. The average Bonchev–Trinajstić information content (AvgIpc) is 1.36. The van der Waals surface area contributed by atoms with Gasteiger partial charge < -0.3 is 0 Å². The van der Waals surface area contributed by atoms with Crippen LogP contribution in [-0.2, 0) is 23.1 Å². The van der Waals surface area contributed by atoms with Crippen LogP contribution in [0, 0.1) is 0 Å². The summed E-state index contributed by atoms with van der Waals surface area (Å²) in [5, 5.41) is 8.12. The third-order valence-electron chi connectivity index (χ3n) is 0.322. The van der Waals surface area contributed by atoms with Crippen molar-refractivity contribution >= 4 is 4.38 Å². The third-order valence-corrected chi connectivity index (χ3v) is 1.18. The molecule has 0 aliphatic heterocycles. The Hall–Kier alpha value is -0.167. The predicted octanol–water partition coefficient (Wildman–Crippen LogP) is 0.131. The summed E-state index contributed by atoms with van der Waals surface area (Å²) < 4.78 is -0.255. The van der Waals surface area contributed by atoms with Crippen LogP contribution in [0.1, 0.15) is 0 Å². The molecule has 0 amide bonds. The minimum atomic E-state index is -0.324. The van der Waals surface area contributed by atoms with Crippen LogP contribution in [0.15, 0.2) is 12.3 Å². The summed E-state index contributed by atoms with van der Waals surface area (Å²) in [4.78, 5) is 9.85. The molecule has 0 aliphatic rings. The Bertz CT molecular complexity index is 74.8. The van der Waals surface area contributed by atoms with Gasteiger partial charge in [0.05, 0.1) is 0 Å². The van der Waals surface area contributed by atoms with Crippen molar-refractivity contribution in [2.45, 2.75) is 0 Å². The van der Waals surface area contributed by atoms with E-state index in [-0.39, 0.29) is 10.1 Å². The molecule has 3 heteroatoms. The number of hydrogen-bond donors (Lipinski definition) is 1. The van der Waals surface area contributed by atoms with Crippen LogP contribution in [-0.4, -0.2) is 9.48 Å². The molecule has 0 rings (SSSR count). The zero-order valence-electron chi connectivity index (χ0n) is 3.27. The van der Waals surface area contributed by atoms with Crippen molar-refractivity contribution < 1.29 is 28.2 Å². The molecule has 0 heterocycles. The van der Waals surface area contributed by atoms with Crippen molar-refractivity contribution in [2.24, 2.45) is 0 Å². The molecule has 0 spiro atoms. The fraction of sp³-hybridized carbons (Fsp3) is 0. The number of allylic oxidation sites excluding steroid dienone is 1. The SMILES string of the molecule is C=C(O)[C](=O)[Zn]. The average molecular weight is 136 g/mol. The van der Waals surface area contributed by atoms with Gasteiger partial charge in [-0.3, -0.25) is 0 Å². The Morgan fingerprint density at radius 2 is 2.00 bits per heavy atom. The maximum atomic E-state index is 9.85. The van der Waals surface area contributed by atoms with Gasteiger partial charge in [-0.25, -0.2) is 0 Å². The van der Waals surface area contributed by atoms with Crippen LogP contribution < -0.4 is 0 Å². The molecule has 0 bridgehead atoms. The summed E-state index contributed by atoms with van der Waals surface area (Å²) in [6.45, 7) is 2.99. The van der Waals surface area contributed by atoms with Gasteiger partial charge in [0.25, 0.3) is 0 Å². The number of carbonyl (C=O) groups is 1. The second-order valence-electron chi connectivity index (χ2n) is 0.870. The summed E-state index contributed by atoms with van der Waals surface area (Å²) in [5.74, 6) is -0.324. The maximum absolute atomic E-state index is 9.85. The molecule has 29 valence electrons. The molecule has 0 aliphatic carbocycles. The van der Waals surface area contributed by atoms with Gasteiger partial charge in [-0.2, -0.15) is 0 Å². The van der Waals surface area contributed by atoms with Crippen LogP contribution in [0.2, 0.25) is 0 Å². The fourth-order valence-electron chi connectivity index (χ4n) is 0. The molecule has 0 atom stereocenters. The molecule has 1 N–H and O–H groups in total. The molecule has 0 aromatic rings. The molecule has 0 aromatic heterocycles. The Morgan fingerprint density at radius 3 is 2.00 bits per heavy atom. The van der Waals surface area contributed by atoms with Gasteiger partial charge in [0.1, 0.15) is 0 Å². The first-order valence-electron chi connectivity index (χ1n) is 1.38. The van der Waals surface area contributed by atoms with Gasteiger partial charge in [-0.15, -0.1) is 0 Å². The van der Waals surface area contributed by atoms with Crippen molar-refractivity contribution in [3.8, 4) is 0 Å². The zero-order valence-corrected chi connectivity index (χ0v) is 6.24. The van der Waals surface area contributed by atoms with E-state index < -0.39 is 0 Å². The van der Waals surface area contributed by atoms with Gasteiger partial charge in [0, 0.05) is 0 Å². The number of rotatable bonds is 1. The van der Waals surface area contributed by atoms with Gasteiger partial charge in [0.15, 0.2) is 0 Å². The van der Waals surface area contributed by atoms with E-state index in [0.29, 0.717) is 18.3 Å². The molecular weight excluding hydrogens is 133 g/mol. The molecular formula is C3H3O2Zn. The molecule has 0 aromatic carbocycles. The zero-order chi connectivity index (χ0) is 5.15. The van der Waals surface area contributed by atoms with Gasteiger partial charge in [-0.1, -0.05) is 0 Å². The van der Waals surface area contributed by atoms with Crippen molar-refractivity contribution in [3.05, 3.63) is 12.3 Å². The van der Waals surface area contributed by atoms with E-state index in [1.165, 1.54) is 0 Å². The Kier molecular flexibility index (Phi) is 2.03. The van der Waals surface area contributed by atoms with Crippen molar-refractivity contribution in [2.75, 3.05) is 0 Å². The van der Waals surface area contributed by atoms with E-state index in [0.717, 1.165) is 0 Å². The monoisotopic (exact) mass is 135 g/mol. The van der Waals surface area contributed by atoms with E-state index in [4.69, 9.17) is 5.11 Å². The van der Waals surface area contributed by atoms with E-state index in [9.17, 15) is 4.79 Å². The first kappa shape index (κ1) is 5.83. The molecule has 0 saturated heterocycles. The summed E-state index contributed by atoms with van der Waals surface area (Å²) in [5.41, 5.74) is 0. The van der Waals surface area contributed by atoms with Crippen LogP contribution >= 0.6 is 0 Å². The van der Waals surface area contributed by atoms with E-state index in [2.05, 4.69) is 6.58 Å². The number of hydrogen-bond acceptors (Lipinski definition) is 2. The summed E-state index contributed by atoms with van der Waals surface area (Å²) in [7, 11) is 0. The molecule has 2 nitrogen and oxygen atoms in total. The molecule has 0 radical (unpaired) electrons. The van der Waals surface area contributed by atoms with E-state index >= 15 is 0 Å². The van der Waals surface area contributed by atoms with Crippen molar-refractivity contribution in [3.63, 3.8) is 0 Å². The molecule has 6 heavy (non-hydrogen) atoms. The van der Waals surface area contributed by atoms with Crippen LogP contribution in [0.4, 0.5) is 0 Å². The first-order chi connectivity index (χ1) is 2.64. The third kappa shape index (κ3) is 2.09. The summed E-state index contributed by atoms with van der Waals surface area (Å²) in [6, 6.07) is 0. The van der Waals surface area contributed by atoms with Gasteiger partial charge in [-0.05, 0) is 0 Å². The number of aliphatic hydroxyl groups is 1. The Labute approximate surface area is 45.5 Å². The van der Waals surface area contributed by atoms with E-state index in [1.807, 2.05) is 0 Å². The predicted molar refractivity (Wildman–Crippen MR) is 16.8 cm³/mol. The second kappa shape index (κ2) is 2.09. The van der Waals surface area contributed by atoms with Crippen molar-refractivity contribution in [1.82, 2.24) is 0 Å². The van der Waals surface area contributed by atoms with Crippen LogP contribution in [0.3, 0.4) is 0 Å².